The number of aromatic nitrogens is 2. The van der Waals surface area contributed by atoms with E-state index < -0.39 is 6.10 Å². The molecule has 1 atom stereocenters. The molecule has 6 heteroatoms. The molecule has 0 aliphatic carbocycles. The van der Waals surface area contributed by atoms with Crippen molar-refractivity contribution in [1.29, 1.82) is 0 Å². The van der Waals surface area contributed by atoms with Crippen LogP contribution in [-0.4, -0.2) is 46.3 Å². The predicted molar refractivity (Wildman–Crippen MR) is 96.6 cm³/mol. The first-order valence-corrected chi connectivity index (χ1v) is 8.14. The second-order valence-electron chi connectivity index (χ2n) is 6.00. The van der Waals surface area contributed by atoms with Crippen molar-refractivity contribution in [1.82, 2.24) is 14.9 Å². The third kappa shape index (κ3) is 4.65. The molecule has 2 aromatic carbocycles. The van der Waals surface area contributed by atoms with Gasteiger partial charge in [-0.1, -0.05) is 30.3 Å². The van der Waals surface area contributed by atoms with Gasteiger partial charge in [-0.05, 0) is 31.3 Å². The third-order valence-corrected chi connectivity index (χ3v) is 3.79. The first-order valence-electron chi connectivity index (χ1n) is 8.14. The maximum absolute atomic E-state index is 12.1. The zero-order valence-electron chi connectivity index (χ0n) is 14.1. The average Bonchev–Trinajstić information content (AvgIpc) is 2.61. The molecule has 25 heavy (non-hydrogen) atoms. The molecule has 130 valence electrons. The zero-order valence-corrected chi connectivity index (χ0v) is 14.1. The molecule has 0 aliphatic heterocycles. The standard InChI is InChI=1S/C19H21N3O3/c1-22(11-14(23)13-25-15-7-3-2-4-8-15)12-18-20-17-10-6-5-9-16(17)19(24)21-18/h2-10,14,23H,11-13H2,1H3,(H,20,21,24). The molecule has 1 heterocycles. The van der Waals surface area contributed by atoms with Crippen molar-refractivity contribution in [3.05, 3.63) is 70.8 Å². The van der Waals surface area contributed by atoms with E-state index in [1.807, 2.05) is 60.5 Å². The molecule has 0 saturated carbocycles. The SMILES string of the molecule is CN(Cc1nc2ccccc2c(=O)[nH]1)CC(O)COc1ccccc1. The number of hydrogen-bond donors (Lipinski definition) is 2. The van der Waals surface area contributed by atoms with Gasteiger partial charge in [-0.15, -0.1) is 0 Å². The van der Waals surface area contributed by atoms with E-state index >= 15 is 0 Å². The molecule has 0 saturated heterocycles. The Morgan fingerprint density at radius 3 is 2.68 bits per heavy atom. The number of aliphatic hydroxyl groups is 1. The molecular formula is C19H21N3O3. The monoisotopic (exact) mass is 339 g/mol. The Morgan fingerprint density at radius 1 is 1.16 bits per heavy atom. The molecule has 3 rings (SSSR count). The highest BCUT2D eigenvalue weighted by Gasteiger charge is 2.11. The minimum absolute atomic E-state index is 0.151. The van der Waals surface area contributed by atoms with Crippen molar-refractivity contribution in [3.63, 3.8) is 0 Å². The summed E-state index contributed by atoms with van der Waals surface area (Å²) in [6.45, 7) is 1.04. The summed E-state index contributed by atoms with van der Waals surface area (Å²) in [6, 6.07) is 16.6. The van der Waals surface area contributed by atoms with Gasteiger partial charge < -0.3 is 14.8 Å². The molecule has 0 fully saturated rings. The van der Waals surface area contributed by atoms with Crippen LogP contribution in [0.15, 0.2) is 59.4 Å². The number of H-pyrrole nitrogens is 1. The molecule has 0 spiro atoms. The second-order valence-corrected chi connectivity index (χ2v) is 6.00. The van der Waals surface area contributed by atoms with Crippen molar-refractivity contribution in [2.45, 2.75) is 12.6 Å². The van der Waals surface area contributed by atoms with Crippen LogP contribution >= 0.6 is 0 Å². The van der Waals surface area contributed by atoms with Crippen LogP contribution in [-0.2, 0) is 6.54 Å². The van der Waals surface area contributed by atoms with Gasteiger partial charge in [0.25, 0.3) is 5.56 Å². The van der Waals surface area contributed by atoms with Crippen LogP contribution in [0.25, 0.3) is 10.9 Å². The molecule has 1 aromatic heterocycles. The van der Waals surface area contributed by atoms with E-state index in [9.17, 15) is 9.90 Å². The summed E-state index contributed by atoms with van der Waals surface area (Å²) >= 11 is 0. The Labute approximate surface area is 145 Å². The molecule has 0 bridgehead atoms. The van der Waals surface area contributed by atoms with Gasteiger partial charge in [-0.2, -0.15) is 0 Å². The average molecular weight is 339 g/mol. The first-order chi connectivity index (χ1) is 12.1. The molecule has 2 N–H and O–H groups in total. The number of para-hydroxylation sites is 2. The Bertz CT molecular complexity index is 880. The lowest BCUT2D eigenvalue weighted by atomic mass is 10.2. The smallest absolute Gasteiger partial charge is 0.258 e. The van der Waals surface area contributed by atoms with Crippen molar-refractivity contribution in [3.8, 4) is 5.75 Å². The molecule has 1 unspecified atom stereocenters. The van der Waals surface area contributed by atoms with Crippen LogP contribution in [0.2, 0.25) is 0 Å². The largest absolute Gasteiger partial charge is 0.491 e. The van der Waals surface area contributed by atoms with Crippen LogP contribution in [0.3, 0.4) is 0 Å². The normalized spacial score (nSPS) is 12.4. The van der Waals surface area contributed by atoms with Crippen molar-refractivity contribution in [2.24, 2.45) is 0 Å². The Morgan fingerprint density at radius 2 is 1.88 bits per heavy atom. The summed E-state index contributed by atoms with van der Waals surface area (Å²) in [6.07, 6.45) is -0.641. The van der Waals surface area contributed by atoms with Gasteiger partial charge in [0.05, 0.1) is 17.4 Å². The lowest BCUT2D eigenvalue weighted by Gasteiger charge is -2.20. The van der Waals surface area contributed by atoms with Gasteiger partial charge in [0.2, 0.25) is 0 Å². The van der Waals surface area contributed by atoms with Gasteiger partial charge in [-0.25, -0.2) is 4.98 Å². The summed E-state index contributed by atoms with van der Waals surface area (Å²) < 4.78 is 5.55. The summed E-state index contributed by atoms with van der Waals surface area (Å²) in [4.78, 5) is 21.2. The van der Waals surface area contributed by atoms with Crippen LogP contribution in [0.4, 0.5) is 0 Å². The van der Waals surface area contributed by atoms with Gasteiger partial charge in [0.1, 0.15) is 24.3 Å². The molecule has 6 nitrogen and oxygen atoms in total. The summed E-state index contributed by atoms with van der Waals surface area (Å²) in [5.74, 6) is 1.30. The highest BCUT2D eigenvalue weighted by molar-refractivity contribution is 5.77. The van der Waals surface area contributed by atoms with E-state index in [0.29, 0.717) is 29.8 Å². The predicted octanol–water partition coefficient (Wildman–Crippen LogP) is 1.79. The quantitative estimate of drug-likeness (QED) is 0.686. The van der Waals surface area contributed by atoms with E-state index in [-0.39, 0.29) is 12.2 Å². The van der Waals surface area contributed by atoms with Crippen LogP contribution < -0.4 is 10.3 Å². The van der Waals surface area contributed by atoms with Crippen molar-refractivity contribution >= 4 is 10.9 Å². The minimum atomic E-state index is -0.641. The summed E-state index contributed by atoms with van der Waals surface area (Å²) in [7, 11) is 1.86. The second kappa shape index (κ2) is 7.92. The topological polar surface area (TPSA) is 78.5 Å². The number of aliphatic hydroxyl groups excluding tert-OH is 1. The number of rotatable bonds is 7. The Balaban J connectivity index is 1.57. The van der Waals surface area contributed by atoms with E-state index in [0.717, 1.165) is 5.75 Å². The molecular weight excluding hydrogens is 318 g/mol. The lowest BCUT2D eigenvalue weighted by molar-refractivity contribution is 0.0737. The van der Waals surface area contributed by atoms with Crippen molar-refractivity contribution in [2.75, 3.05) is 20.2 Å². The summed E-state index contributed by atoms with van der Waals surface area (Å²) in [5, 5.41) is 10.7. The minimum Gasteiger partial charge on any atom is -0.491 e. The first kappa shape index (κ1) is 17.1. The summed E-state index contributed by atoms with van der Waals surface area (Å²) in [5.41, 5.74) is 0.518. The van der Waals surface area contributed by atoms with E-state index in [4.69, 9.17) is 4.74 Å². The maximum atomic E-state index is 12.1. The molecule has 0 aliphatic rings. The van der Waals surface area contributed by atoms with E-state index in [1.165, 1.54) is 0 Å². The zero-order chi connectivity index (χ0) is 17.6. The number of hydrogen-bond acceptors (Lipinski definition) is 5. The Hall–Kier alpha value is -2.70. The number of fused-ring (bicyclic) bond motifs is 1. The van der Waals surface area contributed by atoms with Gasteiger partial charge in [0.15, 0.2) is 0 Å². The van der Waals surface area contributed by atoms with E-state index in [1.54, 1.807) is 6.07 Å². The van der Waals surface area contributed by atoms with Crippen LogP contribution in [0.5, 0.6) is 5.75 Å². The highest BCUT2D eigenvalue weighted by Crippen LogP contribution is 2.09. The fraction of sp³-hybridized carbons (Fsp3) is 0.263. The highest BCUT2D eigenvalue weighted by atomic mass is 16.5. The fourth-order valence-corrected chi connectivity index (χ4v) is 2.65. The Kier molecular flexibility index (Phi) is 5.42. The number of nitrogens with zero attached hydrogens (tertiary/aromatic N) is 2. The fourth-order valence-electron chi connectivity index (χ4n) is 2.65. The van der Waals surface area contributed by atoms with Gasteiger partial charge in [-0.3, -0.25) is 9.69 Å². The maximum Gasteiger partial charge on any atom is 0.258 e. The van der Waals surface area contributed by atoms with Crippen molar-refractivity contribution < 1.29 is 9.84 Å². The number of benzene rings is 2. The number of aromatic amines is 1. The van der Waals surface area contributed by atoms with E-state index in [2.05, 4.69) is 9.97 Å². The molecule has 3 aromatic rings. The number of likely N-dealkylation sites (N-methyl/N-ethyl adjacent to an activating group) is 1. The lowest BCUT2D eigenvalue weighted by Crippen LogP contribution is -2.33. The third-order valence-electron chi connectivity index (χ3n) is 3.79. The van der Waals surface area contributed by atoms with Crippen LogP contribution in [0, 0.1) is 0 Å². The molecule has 0 amide bonds. The van der Waals surface area contributed by atoms with Gasteiger partial charge >= 0.3 is 0 Å². The number of nitrogens with one attached hydrogen (secondary N) is 1. The van der Waals surface area contributed by atoms with Crippen LogP contribution in [0.1, 0.15) is 5.82 Å². The number of ether oxygens (including phenoxy) is 1. The molecule has 0 radical (unpaired) electrons. The van der Waals surface area contributed by atoms with Gasteiger partial charge in [0, 0.05) is 6.54 Å².